The molecule has 0 bridgehead atoms. The number of nitrogens with zero attached hydrogens (tertiary/aromatic N) is 3. The van der Waals surface area contributed by atoms with Crippen LogP contribution in [0.3, 0.4) is 0 Å². The zero-order chi connectivity index (χ0) is 10.1. The molecule has 2 heterocycles. The first-order valence-corrected chi connectivity index (χ1v) is 4.63. The lowest BCUT2D eigenvalue weighted by molar-refractivity contribution is 1.17. The standard InChI is InChI=1S/C11H8N4/c1-2-10-11(15-7-14-10)5-8(1)9-3-4-12-6-13-9/h1-7H,(H,14,15). The van der Waals surface area contributed by atoms with Crippen molar-refractivity contribution in [3.8, 4) is 11.3 Å². The lowest BCUT2D eigenvalue weighted by Crippen LogP contribution is -1.83. The Morgan fingerprint density at radius 2 is 2.07 bits per heavy atom. The average Bonchev–Trinajstić information content (AvgIpc) is 2.77. The minimum atomic E-state index is 0.918. The molecule has 72 valence electrons. The molecular weight excluding hydrogens is 188 g/mol. The molecule has 0 unspecified atom stereocenters. The van der Waals surface area contributed by atoms with Gasteiger partial charge >= 0.3 is 0 Å². The van der Waals surface area contributed by atoms with Crippen LogP contribution in [0.1, 0.15) is 0 Å². The van der Waals surface area contributed by atoms with Crippen LogP contribution in [0.4, 0.5) is 0 Å². The van der Waals surface area contributed by atoms with Gasteiger partial charge in [-0.05, 0) is 18.2 Å². The number of benzene rings is 1. The van der Waals surface area contributed by atoms with Crippen molar-refractivity contribution >= 4 is 11.0 Å². The van der Waals surface area contributed by atoms with Crippen molar-refractivity contribution in [3.05, 3.63) is 43.1 Å². The molecule has 0 amide bonds. The van der Waals surface area contributed by atoms with Crippen LogP contribution in [0, 0.1) is 0 Å². The molecule has 4 heteroatoms. The van der Waals surface area contributed by atoms with Crippen molar-refractivity contribution in [3.63, 3.8) is 0 Å². The number of aromatic amines is 1. The number of rotatable bonds is 1. The highest BCUT2D eigenvalue weighted by Crippen LogP contribution is 2.19. The molecule has 2 aromatic heterocycles. The maximum absolute atomic E-state index is 4.19. The van der Waals surface area contributed by atoms with Crippen LogP contribution in [0.2, 0.25) is 0 Å². The van der Waals surface area contributed by atoms with E-state index in [1.54, 1.807) is 18.9 Å². The minimum Gasteiger partial charge on any atom is -0.345 e. The second kappa shape index (κ2) is 3.16. The number of H-pyrrole nitrogens is 1. The van der Waals surface area contributed by atoms with E-state index in [1.807, 2.05) is 24.3 Å². The Morgan fingerprint density at radius 3 is 2.93 bits per heavy atom. The fraction of sp³-hybridized carbons (Fsp3) is 0. The first kappa shape index (κ1) is 8.11. The Bertz CT molecular complexity index is 586. The van der Waals surface area contributed by atoms with Crippen molar-refractivity contribution in [2.24, 2.45) is 0 Å². The third kappa shape index (κ3) is 1.36. The molecule has 0 aliphatic heterocycles. The molecule has 4 nitrogen and oxygen atoms in total. The minimum absolute atomic E-state index is 0.918. The van der Waals surface area contributed by atoms with Crippen molar-refractivity contribution in [1.82, 2.24) is 19.9 Å². The van der Waals surface area contributed by atoms with E-state index in [2.05, 4.69) is 19.9 Å². The Balaban J connectivity index is 2.19. The summed E-state index contributed by atoms with van der Waals surface area (Å²) >= 11 is 0. The van der Waals surface area contributed by atoms with Gasteiger partial charge in [0.05, 0.1) is 23.1 Å². The monoisotopic (exact) mass is 196 g/mol. The van der Waals surface area contributed by atoms with Gasteiger partial charge in [-0.3, -0.25) is 0 Å². The largest absolute Gasteiger partial charge is 0.345 e. The van der Waals surface area contributed by atoms with Crippen LogP contribution in [0.25, 0.3) is 22.3 Å². The maximum atomic E-state index is 4.19. The number of hydrogen-bond acceptors (Lipinski definition) is 3. The summed E-state index contributed by atoms with van der Waals surface area (Å²) in [6.07, 6.45) is 4.97. The summed E-state index contributed by atoms with van der Waals surface area (Å²) in [5.41, 5.74) is 3.97. The van der Waals surface area contributed by atoms with Gasteiger partial charge in [0.1, 0.15) is 6.33 Å². The summed E-state index contributed by atoms with van der Waals surface area (Å²) in [7, 11) is 0. The number of imidazole rings is 1. The highest BCUT2D eigenvalue weighted by Gasteiger charge is 2.01. The van der Waals surface area contributed by atoms with Crippen molar-refractivity contribution in [2.45, 2.75) is 0 Å². The Labute approximate surface area is 86.0 Å². The molecular formula is C11H8N4. The van der Waals surface area contributed by atoms with Crippen LogP contribution < -0.4 is 0 Å². The molecule has 0 spiro atoms. The van der Waals surface area contributed by atoms with Crippen LogP contribution in [0.15, 0.2) is 43.1 Å². The number of nitrogens with one attached hydrogen (secondary N) is 1. The molecule has 0 aliphatic carbocycles. The topological polar surface area (TPSA) is 54.5 Å². The van der Waals surface area contributed by atoms with E-state index >= 15 is 0 Å². The lowest BCUT2D eigenvalue weighted by Gasteiger charge is -1.98. The van der Waals surface area contributed by atoms with Crippen LogP contribution in [-0.4, -0.2) is 19.9 Å². The second-order valence-electron chi connectivity index (χ2n) is 3.23. The predicted molar refractivity (Wildman–Crippen MR) is 57.1 cm³/mol. The van der Waals surface area contributed by atoms with E-state index in [4.69, 9.17) is 0 Å². The summed E-state index contributed by atoms with van der Waals surface area (Å²) in [6.45, 7) is 0. The molecule has 1 aromatic carbocycles. The summed E-state index contributed by atoms with van der Waals surface area (Å²) in [5, 5.41) is 0. The molecule has 0 aliphatic rings. The zero-order valence-electron chi connectivity index (χ0n) is 7.88. The number of hydrogen-bond donors (Lipinski definition) is 1. The SMILES string of the molecule is c1cc(-c2ccc3nc[nH]c3c2)ncn1. The summed E-state index contributed by atoms with van der Waals surface area (Å²) in [5.74, 6) is 0. The van der Waals surface area contributed by atoms with Crippen molar-refractivity contribution < 1.29 is 0 Å². The van der Waals surface area contributed by atoms with E-state index in [1.165, 1.54) is 0 Å². The van der Waals surface area contributed by atoms with Gasteiger partial charge in [-0.2, -0.15) is 0 Å². The summed E-state index contributed by atoms with van der Waals surface area (Å²) < 4.78 is 0. The fourth-order valence-electron chi connectivity index (χ4n) is 1.56. The Morgan fingerprint density at radius 1 is 1.07 bits per heavy atom. The first-order chi connectivity index (χ1) is 7.43. The second-order valence-corrected chi connectivity index (χ2v) is 3.23. The molecule has 3 aromatic rings. The molecule has 3 rings (SSSR count). The van der Waals surface area contributed by atoms with Gasteiger partial charge in [0.2, 0.25) is 0 Å². The average molecular weight is 196 g/mol. The zero-order valence-corrected chi connectivity index (χ0v) is 7.88. The van der Waals surface area contributed by atoms with Gasteiger partial charge in [0, 0.05) is 11.8 Å². The molecule has 1 N–H and O–H groups in total. The Hall–Kier alpha value is -2.23. The molecule has 0 radical (unpaired) electrons. The third-order valence-electron chi connectivity index (χ3n) is 2.30. The highest BCUT2D eigenvalue weighted by atomic mass is 14.9. The summed E-state index contributed by atoms with van der Waals surface area (Å²) in [4.78, 5) is 15.3. The van der Waals surface area contributed by atoms with E-state index in [0.29, 0.717) is 0 Å². The van der Waals surface area contributed by atoms with Gasteiger partial charge in [-0.15, -0.1) is 0 Å². The first-order valence-electron chi connectivity index (χ1n) is 4.63. The van der Waals surface area contributed by atoms with Crippen molar-refractivity contribution in [1.29, 1.82) is 0 Å². The maximum Gasteiger partial charge on any atom is 0.116 e. The molecule has 15 heavy (non-hydrogen) atoms. The van der Waals surface area contributed by atoms with E-state index in [0.717, 1.165) is 22.3 Å². The number of fused-ring (bicyclic) bond motifs is 1. The van der Waals surface area contributed by atoms with Crippen LogP contribution in [-0.2, 0) is 0 Å². The Kier molecular flexibility index (Phi) is 1.71. The molecule has 0 saturated heterocycles. The highest BCUT2D eigenvalue weighted by molar-refractivity contribution is 5.80. The van der Waals surface area contributed by atoms with Gasteiger partial charge < -0.3 is 4.98 Å². The van der Waals surface area contributed by atoms with E-state index in [9.17, 15) is 0 Å². The third-order valence-corrected chi connectivity index (χ3v) is 2.30. The van der Waals surface area contributed by atoms with Gasteiger partial charge in [-0.25, -0.2) is 15.0 Å². The van der Waals surface area contributed by atoms with Crippen LogP contribution in [0.5, 0.6) is 0 Å². The molecule has 0 fully saturated rings. The summed E-state index contributed by atoms with van der Waals surface area (Å²) in [6, 6.07) is 7.90. The van der Waals surface area contributed by atoms with E-state index < -0.39 is 0 Å². The van der Waals surface area contributed by atoms with Crippen LogP contribution >= 0.6 is 0 Å². The lowest BCUT2D eigenvalue weighted by atomic mass is 10.1. The normalized spacial score (nSPS) is 10.7. The predicted octanol–water partition coefficient (Wildman–Crippen LogP) is 2.02. The molecule has 0 saturated carbocycles. The van der Waals surface area contributed by atoms with Gasteiger partial charge in [0.15, 0.2) is 0 Å². The number of aromatic nitrogens is 4. The fourth-order valence-corrected chi connectivity index (χ4v) is 1.56. The quantitative estimate of drug-likeness (QED) is 0.647. The molecule has 0 atom stereocenters. The van der Waals surface area contributed by atoms with Gasteiger partial charge in [0.25, 0.3) is 0 Å². The smallest absolute Gasteiger partial charge is 0.116 e. The van der Waals surface area contributed by atoms with Crippen molar-refractivity contribution in [2.75, 3.05) is 0 Å². The van der Waals surface area contributed by atoms with E-state index in [-0.39, 0.29) is 0 Å². The van der Waals surface area contributed by atoms with Gasteiger partial charge in [-0.1, -0.05) is 6.07 Å².